The third-order valence-corrected chi connectivity index (χ3v) is 13.9. The van der Waals surface area contributed by atoms with Gasteiger partial charge < -0.3 is 14.1 Å². The highest BCUT2D eigenvalue weighted by Gasteiger charge is 2.50. The van der Waals surface area contributed by atoms with Gasteiger partial charge in [0.25, 0.3) is 8.32 Å². The smallest absolute Gasteiger partial charge is 0.261 e. The molecule has 6 nitrogen and oxygen atoms in total. The molecule has 5 rings (SSSR count). The number of benzene rings is 3. The maximum Gasteiger partial charge on any atom is 0.261 e. The molecule has 2 heterocycles. The summed E-state index contributed by atoms with van der Waals surface area (Å²) in [5, 5.41) is 5.29. The second-order valence-electron chi connectivity index (χ2n) is 13.0. The van der Waals surface area contributed by atoms with Crippen molar-refractivity contribution in [2.45, 2.75) is 71.4 Å². The highest BCUT2D eigenvalue weighted by atomic mass is 35.5. The van der Waals surface area contributed by atoms with Gasteiger partial charge in [-0.1, -0.05) is 104 Å². The van der Waals surface area contributed by atoms with Crippen LogP contribution in [0.15, 0.2) is 90.2 Å². The van der Waals surface area contributed by atoms with Gasteiger partial charge >= 0.3 is 0 Å². The molecule has 4 aromatic rings. The summed E-state index contributed by atoms with van der Waals surface area (Å²) in [6, 6.07) is 24.8. The van der Waals surface area contributed by atoms with E-state index < -0.39 is 20.2 Å². The number of halogens is 2. The van der Waals surface area contributed by atoms with Crippen molar-refractivity contribution in [2.75, 3.05) is 18.0 Å². The van der Waals surface area contributed by atoms with E-state index in [9.17, 15) is 4.91 Å². The number of nitrogens with zero attached hydrogens (tertiary/aromatic N) is 3. The average Bonchev–Trinajstić information content (AvgIpc) is 3.01. The van der Waals surface area contributed by atoms with Crippen LogP contribution in [0.2, 0.25) is 10.1 Å². The number of pyridine rings is 1. The van der Waals surface area contributed by atoms with E-state index in [1.165, 1.54) is 0 Å². The molecule has 1 aliphatic rings. The Morgan fingerprint density at radius 3 is 2.09 bits per heavy atom. The molecule has 1 aliphatic heterocycles. The zero-order valence-corrected chi connectivity index (χ0v) is 28.5. The molecule has 0 radical (unpaired) electrons. The van der Waals surface area contributed by atoms with Crippen LogP contribution < -0.4 is 15.3 Å². The number of aromatic nitrogens is 1. The van der Waals surface area contributed by atoms with Crippen molar-refractivity contribution in [3.63, 3.8) is 0 Å². The highest BCUT2D eigenvalue weighted by molar-refractivity contribution is 6.99. The van der Waals surface area contributed by atoms with Gasteiger partial charge in [-0.15, -0.1) is 4.91 Å². The minimum Gasteiger partial charge on any atom is -0.403 e. The van der Waals surface area contributed by atoms with E-state index in [0.29, 0.717) is 29.9 Å². The molecule has 0 amide bonds. The fraction of sp³-hybridized carbons (Fsp3) is 0.361. The summed E-state index contributed by atoms with van der Waals surface area (Å²) in [7, 11) is -2.96. The van der Waals surface area contributed by atoms with Crippen LogP contribution in [-0.4, -0.2) is 38.6 Å². The number of ether oxygens (including phenoxy) is 1. The number of anilines is 1. The normalized spacial score (nSPS) is 18.1. The summed E-state index contributed by atoms with van der Waals surface area (Å²) in [6.45, 7) is 13.7. The van der Waals surface area contributed by atoms with Crippen LogP contribution in [0.5, 0.6) is 0 Å². The van der Waals surface area contributed by atoms with Gasteiger partial charge in [0.2, 0.25) is 0 Å². The van der Waals surface area contributed by atoms with E-state index in [0.717, 1.165) is 16.1 Å². The van der Waals surface area contributed by atoms with E-state index in [1.807, 2.05) is 57.2 Å². The van der Waals surface area contributed by atoms with Crippen molar-refractivity contribution < 1.29 is 13.6 Å². The quantitative estimate of drug-likeness (QED) is 0.138. The molecule has 236 valence electrons. The molecule has 0 aliphatic carbocycles. The molecule has 0 saturated carbocycles. The summed E-state index contributed by atoms with van der Waals surface area (Å²) in [4.78, 5) is 18.7. The molecule has 3 aromatic carbocycles. The molecule has 45 heavy (non-hydrogen) atoms. The maximum absolute atomic E-state index is 16.3. The van der Waals surface area contributed by atoms with Crippen LogP contribution in [0, 0.1) is 17.6 Å². The molecule has 3 atom stereocenters. The Bertz CT molecular complexity index is 1570. The Hall–Kier alpha value is -3.43. The van der Waals surface area contributed by atoms with Crippen LogP contribution in [0.25, 0.3) is 0 Å². The van der Waals surface area contributed by atoms with Gasteiger partial charge in [0, 0.05) is 41.7 Å². The van der Waals surface area contributed by atoms with E-state index in [-0.39, 0.29) is 34.4 Å². The van der Waals surface area contributed by atoms with E-state index in [4.69, 9.17) is 20.8 Å². The summed E-state index contributed by atoms with van der Waals surface area (Å²) in [5.74, 6) is -0.669. The lowest BCUT2D eigenvalue weighted by Gasteiger charge is -2.43. The molecule has 0 N–H and O–H groups in total. The number of morpholine rings is 1. The number of rotatable bonds is 9. The lowest BCUT2D eigenvalue weighted by molar-refractivity contribution is -0.00532. The Morgan fingerprint density at radius 1 is 1.02 bits per heavy atom. The van der Waals surface area contributed by atoms with Gasteiger partial charge in [-0.3, -0.25) is 4.98 Å². The largest absolute Gasteiger partial charge is 0.403 e. The summed E-state index contributed by atoms with van der Waals surface area (Å²) in [5.41, 5.74) is 2.63. The third kappa shape index (κ3) is 6.61. The molecule has 1 aromatic heterocycles. The van der Waals surface area contributed by atoms with Crippen molar-refractivity contribution in [3.8, 4) is 0 Å². The first-order valence-corrected chi connectivity index (χ1v) is 17.7. The molecule has 0 bridgehead atoms. The number of nitroso groups, excluding NO2 is 1. The van der Waals surface area contributed by atoms with Crippen LogP contribution in [0.1, 0.15) is 63.0 Å². The van der Waals surface area contributed by atoms with E-state index in [1.54, 1.807) is 24.4 Å². The van der Waals surface area contributed by atoms with Crippen molar-refractivity contribution in [1.29, 1.82) is 0 Å². The predicted octanol–water partition coefficient (Wildman–Crippen LogP) is 7.73. The van der Waals surface area contributed by atoms with Crippen molar-refractivity contribution in [1.82, 2.24) is 4.98 Å². The molecule has 9 heteroatoms. The number of aryl methyl sites for hydroxylation is 1. The minimum atomic E-state index is -2.96. The topological polar surface area (TPSA) is 64.0 Å². The second-order valence-corrected chi connectivity index (χ2v) is 17.6. The standard InChI is InChI=1S/C36H41ClFN3O3Si/c1-24-17-18-27(20-39-24)34(40-42)31-19-28(35(32(37)33(31)38)41-21-25(2)44-26(3)22-41)23-43-45(36(4,5)6,29-13-9-7-10-14-29)30-15-11-8-12-16-30/h7-20,25-26,34H,21-23H2,1-6H3/t25-,26+,34?. The number of hydrogen-bond donors (Lipinski definition) is 0. The lowest BCUT2D eigenvalue weighted by Crippen LogP contribution is -2.66. The third-order valence-electron chi connectivity index (χ3n) is 8.53. The zero-order chi connectivity index (χ0) is 32.4. The average molecular weight is 646 g/mol. The summed E-state index contributed by atoms with van der Waals surface area (Å²) in [6.07, 6.45) is 1.40. The second kappa shape index (κ2) is 13.5. The monoisotopic (exact) mass is 645 g/mol. The van der Waals surface area contributed by atoms with Gasteiger partial charge in [-0.25, -0.2) is 4.39 Å². The van der Waals surface area contributed by atoms with Crippen molar-refractivity contribution in [2.24, 2.45) is 5.18 Å². The van der Waals surface area contributed by atoms with Crippen molar-refractivity contribution >= 4 is 36.0 Å². The number of hydrogen-bond acceptors (Lipinski definition) is 6. The molecular weight excluding hydrogens is 605 g/mol. The molecule has 0 spiro atoms. The SMILES string of the molecule is Cc1ccc(C(N=O)c2cc(CO[Si](c3ccccc3)(c3ccccc3)C(C)(C)C)c(N3C[C@@H](C)O[C@@H](C)C3)c(Cl)c2F)cn1. The fourth-order valence-corrected chi connectivity index (χ4v) is 11.5. The van der Waals surface area contributed by atoms with Crippen LogP contribution in [-0.2, 0) is 15.8 Å². The minimum absolute atomic E-state index is 0.0523. The summed E-state index contributed by atoms with van der Waals surface area (Å²) >= 11 is 6.96. The first kappa shape index (κ1) is 32.9. The Balaban J connectivity index is 1.70. The van der Waals surface area contributed by atoms with Gasteiger partial charge in [-0.05, 0) is 48.3 Å². The first-order chi connectivity index (χ1) is 21.5. The summed E-state index contributed by atoms with van der Waals surface area (Å²) < 4.78 is 29.6. The lowest BCUT2D eigenvalue weighted by atomic mass is 9.96. The zero-order valence-electron chi connectivity index (χ0n) is 26.8. The van der Waals surface area contributed by atoms with Crippen LogP contribution in [0.4, 0.5) is 10.1 Å². The molecule has 1 fully saturated rings. The molecular formula is C36H41ClFN3O3Si. The molecule has 1 unspecified atom stereocenters. The Kier molecular flexibility index (Phi) is 9.89. The van der Waals surface area contributed by atoms with Gasteiger partial charge in [0.05, 0.1) is 24.5 Å². The van der Waals surface area contributed by atoms with Gasteiger partial charge in [0.15, 0.2) is 0 Å². The van der Waals surface area contributed by atoms with Crippen molar-refractivity contribution in [3.05, 3.63) is 123 Å². The fourth-order valence-electron chi connectivity index (χ4n) is 6.59. The Labute approximate surface area is 271 Å². The van der Waals surface area contributed by atoms with Gasteiger partial charge in [-0.2, -0.15) is 0 Å². The highest BCUT2D eigenvalue weighted by Crippen LogP contribution is 2.43. The predicted molar refractivity (Wildman–Crippen MR) is 183 cm³/mol. The Morgan fingerprint density at radius 2 is 1.60 bits per heavy atom. The van der Waals surface area contributed by atoms with E-state index in [2.05, 4.69) is 60.1 Å². The van der Waals surface area contributed by atoms with Crippen LogP contribution >= 0.6 is 11.6 Å². The van der Waals surface area contributed by atoms with Crippen LogP contribution in [0.3, 0.4) is 0 Å². The molecule has 1 saturated heterocycles. The maximum atomic E-state index is 16.3. The first-order valence-electron chi connectivity index (χ1n) is 15.4. The van der Waals surface area contributed by atoms with Gasteiger partial charge in [0.1, 0.15) is 16.9 Å². The van der Waals surface area contributed by atoms with E-state index >= 15 is 4.39 Å².